The average molecular weight is 312 g/mol. The van der Waals surface area contributed by atoms with Crippen LogP contribution in [-0.4, -0.2) is 37.6 Å². The van der Waals surface area contributed by atoms with Gasteiger partial charge in [-0.1, -0.05) is 6.07 Å². The van der Waals surface area contributed by atoms with Crippen molar-refractivity contribution in [3.05, 3.63) is 34.4 Å². The largest absolute Gasteiger partial charge is 0.493 e. The number of ether oxygens (including phenoxy) is 3. The zero-order valence-electron chi connectivity index (χ0n) is 10.8. The van der Waals surface area contributed by atoms with Crippen molar-refractivity contribution < 1.29 is 28.6 Å². The molecule has 2 amide bonds. The highest BCUT2D eigenvalue weighted by Gasteiger charge is 2.18. The number of hydrazine groups is 1. The summed E-state index contributed by atoms with van der Waals surface area (Å²) in [5.74, 6) is -2.03. The average Bonchev–Trinajstić information content (AvgIpc) is 3.05. The number of rotatable bonds is 4. The SMILES string of the molecule is O=C(COC(=O)C1=COCCO1)NNC(=O)c1cccs1. The van der Waals surface area contributed by atoms with Crippen LogP contribution in [-0.2, 0) is 23.8 Å². The maximum atomic E-state index is 11.5. The zero-order valence-corrected chi connectivity index (χ0v) is 11.6. The minimum absolute atomic E-state index is 0.100. The van der Waals surface area contributed by atoms with E-state index in [0.29, 0.717) is 11.5 Å². The highest BCUT2D eigenvalue weighted by molar-refractivity contribution is 7.12. The van der Waals surface area contributed by atoms with E-state index in [9.17, 15) is 14.4 Å². The highest BCUT2D eigenvalue weighted by atomic mass is 32.1. The van der Waals surface area contributed by atoms with E-state index in [-0.39, 0.29) is 12.4 Å². The first-order valence-corrected chi connectivity index (χ1v) is 6.79. The highest BCUT2D eigenvalue weighted by Crippen LogP contribution is 2.07. The molecule has 1 aromatic rings. The molecule has 9 heteroatoms. The zero-order chi connectivity index (χ0) is 15.1. The molecule has 0 saturated heterocycles. The Balaban J connectivity index is 1.69. The second kappa shape index (κ2) is 7.29. The summed E-state index contributed by atoms with van der Waals surface area (Å²) in [6.45, 7) is 0.0419. The molecule has 21 heavy (non-hydrogen) atoms. The third kappa shape index (κ3) is 4.49. The fraction of sp³-hybridized carbons (Fsp3) is 0.250. The third-order valence-electron chi connectivity index (χ3n) is 2.25. The van der Waals surface area contributed by atoms with Crippen LogP contribution in [0, 0.1) is 0 Å². The summed E-state index contributed by atoms with van der Waals surface area (Å²) in [5.41, 5.74) is 4.33. The van der Waals surface area contributed by atoms with Crippen molar-refractivity contribution in [2.24, 2.45) is 0 Å². The van der Waals surface area contributed by atoms with E-state index in [2.05, 4.69) is 10.9 Å². The summed E-state index contributed by atoms with van der Waals surface area (Å²) in [7, 11) is 0. The quantitative estimate of drug-likeness (QED) is 0.596. The first-order valence-electron chi connectivity index (χ1n) is 5.91. The van der Waals surface area contributed by atoms with Crippen LogP contribution in [0.15, 0.2) is 29.5 Å². The van der Waals surface area contributed by atoms with Gasteiger partial charge in [-0.3, -0.25) is 20.4 Å². The van der Waals surface area contributed by atoms with Gasteiger partial charge < -0.3 is 14.2 Å². The Hall–Kier alpha value is -2.55. The van der Waals surface area contributed by atoms with Crippen molar-refractivity contribution in [2.75, 3.05) is 19.8 Å². The number of carbonyl (C=O) groups excluding carboxylic acids is 3. The molecule has 0 bridgehead atoms. The van der Waals surface area contributed by atoms with Gasteiger partial charge in [0.25, 0.3) is 11.8 Å². The van der Waals surface area contributed by atoms with Crippen molar-refractivity contribution in [2.45, 2.75) is 0 Å². The molecule has 2 N–H and O–H groups in total. The molecular formula is C12H12N2O6S. The number of hydrogen-bond acceptors (Lipinski definition) is 7. The molecule has 2 heterocycles. The van der Waals surface area contributed by atoms with Gasteiger partial charge >= 0.3 is 5.97 Å². The smallest absolute Gasteiger partial charge is 0.377 e. The predicted octanol–water partition coefficient (Wildman–Crippen LogP) is -0.0595. The van der Waals surface area contributed by atoms with Gasteiger partial charge in [0.15, 0.2) is 6.61 Å². The third-order valence-corrected chi connectivity index (χ3v) is 3.11. The Kier molecular flexibility index (Phi) is 5.16. The van der Waals surface area contributed by atoms with E-state index >= 15 is 0 Å². The second-order valence-electron chi connectivity index (χ2n) is 3.76. The molecular weight excluding hydrogens is 300 g/mol. The molecule has 0 spiro atoms. The molecule has 0 atom stereocenters. The van der Waals surface area contributed by atoms with Gasteiger partial charge in [-0.25, -0.2) is 4.79 Å². The van der Waals surface area contributed by atoms with Gasteiger partial charge in [0.1, 0.15) is 19.5 Å². The van der Waals surface area contributed by atoms with Crippen LogP contribution in [0.2, 0.25) is 0 Å². The van der Waals surface area contributed by atoms with E-state index in [4.69, 9.17) is 14.2 Å². The second-order valence-corrected chi connectivity index (χ2v) is 4.70. The summed E-state index contributed by atoms with van der Waals surface area (Å²) in [6.07, 6.45) is 1.13. The topological polar surface area (TPSA) is 103 Å². The summed E-state index contributed by atoms with van der Waals surface area (Å²) in [5, 5.41) is 1.73. The maximum Gasteiger partial charge on any atom is 0.377 e. The van der Waals surface area contributed by atoms with Crippen LogP contribution in [0.4, 0.5) is 0 Å². The lowest BCUT2D eigenvalue weighted by Crippen LogP contribution is -2.43. The molecule has 0 aromatic carbocycles. The Morgan fingerprint density at radius 1 is 1.29 bits per heavy atom. The van der Waals surface area contributed by atoms with Crippen molar-refractivity contribution in [1.29, 1.82) is 0 Å². The van der Waals surface area contributed by atoms with Gasteiger partial charge in [0.2, 0.25) is 5.76 Å². The van der Waals surface area contributed by atoms with Crippen LogP contribution in [0.25, 0.3) is 0 Å². The van der Waals surface area contributed by atoms with Gasteiger partial charge in [-0.2, -0.15) is 0 Å². The summed E-state index contributed by atoms with van der Waals surface area (Å²) in [6, 6.07) is 3.32. The Morgan fingerprint density at radius 3 is 2.81 bits per heavy atom. The number of esters is 1. The number of carbonyl (C=O) groups is 3. The molecule has 2 rings (SSSR count). The minimum atomic E-state index is -0.811. The van der Waals surface area contributed by atoms with Gasteiger partial charge in [0.05, 0.1) is 4.88 Å². The standard InChI is InChI=1S/C12H12N2O6S/c15-10(13-14-11(16)9-2-1-5-21-9)7-20-12(17)8-6-18-3-4-19-8/h1-2,5-6H,3-4,7H2,(H,13,15)(H,14,16). The predicted molar refractivity (Wildman–Crippen MR) is 70.9 cm³/mol. The Morgan fingerprint density at radius 2 is 2.14 bits per heavy atom. The van der Waals surface area contributed by atoms with E-state index in [1.807, 2.05) is 0 Å². The lowest BCUT2D eigenvalue weighted by atomic mass is 10.4. The molecule has 0 radical (unpaired) electrons. The van der Waals surface area contributed by atoms with Crippen LogP contribution >= 0.6 is 11.3 Å². The van der Waals surface area contributed by atoms with Gasteiger partial charge in [0, 0.05) is 0 Å². The van der Waals surface area contributed by atoms with E-state index in [1.165, 1.54) is 11.3 Å². The maximum absolute atomic E-state index is 11.5. The summed E-state index contributed by atoms with van der Waals surface area (Å²) in [4.78, 5) is 34.9. The van der Waals surface area contributed by atoms with Crippen LogP contribution in [0.1, 0.15) is 9.67 Å². The lowest BCUT2D eigenvalue weighted by Gasteiger charge is -2.14. The fourth-order valence-corrected chi connectivity index (χ4v) is 1.93. The fourth-order valence-electron chi connectivity index (χ4n) is 1.31. The normalized spacial score (nSPS) is 13.2. The van der Waals surface area contributed by atoms with E-state index < -0.39 is 24.4 Å². The summed E-state index contributed by atoms with van der Waals surface area (Å²) < 4.78 is 14.6. The van der Waals surface area contributed by atoms with Crippen molar-refractivity contribution in [3.63, 3.8) is 0 Å². The van der Waals surface area contributed by atoms with Gasteiger partial charge in [-0.15, -0.1) is 11.3 Å². The van der Waals surface area contributed by atoms with Gasteiger partial charge in [-0.05, 0) is 11.4 Å². The molecule has 0 fully saturated rings. The molecule has 0 aliphatic carbocycles. The lowest BCUT2D eigenvalue weighted by molar-refractivity contribution is -0.149. The molecule has 0 saturated carbocycles. The molecule has 1 aromatic heterocycles. The van der Waals surface area contributed by atoms with Crippen LogP contribution in [0.3, 0.4) is 0 Å². The number of hydrogen-bond donors (Lipinski definition) is 2. The molecule has 1 aliphatic rings. The van der Waals surface area contributed by atoms with Crippen molar-refractivity contribution in [3.8, 4) is 0 Å². The molecule has 0 unspecified atom stereocenters. The number of nitrogens with one attached hydrogen (secondary N) is 2. The van der Waals surface area contributed by atoms with Crippen LogP contribution < -0.4 is 10.9 Å². The first kappa shape index (κ1) is 14.9. The van der Waals surface area contributed by atoms with E-state index in [0.717, 1.165) is 6.26 Å². The first-order chi connectivity index (χ1) is 10.2. The Bertz CT molecular complexity index is 554. The minimum Gasteiger partial charge on any atom is -0.493 e. The molecule has 1 aliphatic heterocycles. The molecule has 8 nitrogen and oxygen atoms in total. The Labute approximate surface area is 123 Å². The molecule has 112 valence electrons. The van der Waals surface area contributed by atoms with Crippen molar-refractivity contribution in [1.82, 2.24) is 10.9 Å². The van der Waals surface area contributed by atoms with E-state index in [1.54, 1.807) is 17.5 Å². The van der Waals surface area contributed by atoms with Crippen LogP contribution in [0.5, 0.6) is 0 Å². The monoisotopic (exact) mass is 312 g/mol. The number of thiophene rings is 1. The number of amides is 2. The van der Waals surface area contributed by atoms with Crippen molar-refractivity contribution >= 4 is 29.1 Å². The summed E-state index contributed by atoms with van der Waals surface area (Å²) >= 11 is 1.23.